The number of hydrogen-bond acceptors (Lipinski definition) is 4. The minimum absolute atomic E-state index is 0.166. The standard InChI is InChI=1S/C6H12O3.C6H10O3/c2*7-5-3-1-2-4-6(8)9/h7H,1-5H2,(H,8,9);5H,1-4H2,(H,8,9). The van der Waals surface area contributed by atoms with Crippen LogP contribution in [0.15, 0.2) is 0 Å². The Bertz CT molecular complexity index is 227. The third kappa shape index (κ3) is 24.0. The third-order valence-corrected chi connectivity index (χ3v) is 2.01. The Kier molecular flexibility index (Phi) is 16.4. The van der Waals surface area contributed by atoms with Crippen molar-refractivity contribution in [2.24, 2.45) is 0 Å². The lowest BCUT2D eigenvalue weighted by Gasteiger charge is -1.92. The van der Waals surface area contributed by atoms with Crippen LogP contribution in [-0.4, -0.2) is 40.2 Å². The Morgan fingerprint density at radius 3 is 1.72 bits per heavy atom. The van der Waals surface area contributed by atoms with E-state index in [2.05, 4.69) is 0 Å². The van der Waals surface area contributed by atoms with Crippen LogP contribution in [-0.2, 0) is 14.4 Å². The number of unbranched alkanes of at least 4 members (excludes halogenated alkanes) is 4. The molecule has 0 bridgehead atoms. The zero-order valence-corrected chi connectivity index (χ0v) is 10.5. The number of carboxylic acids is 2. The SMILES string of the molecule is O=C(O)CCCCCO.O=CCCCCC(=O)O. The first kappa shape index (κ1) is 18.9. The van der Waals surface area contributed by atoms with Gasteiger partial charge in [-0.25, -0.2) is 0 Å². The predicted octanol–water partition coefficient (Wildman–Crippen LogP) is 1.45. The van der Waals surface area contributed by atoms with Gasteiger partial charge in [-0.05, 0) is 25.7 Å². The fourth-order valence-electron chi connectivity index (χ4n) is 1.07. The van der Waals surface area contributed by atoms with Crippen molar-refractivity contribution >= 4 is 18.2 Å². The Hall–Kier alpha value is -1.43. The van der Waals surface area contributed by atoms with Gasteiger partial charge in [-0.15, -0.1) is 0 Å². The molecule has 0 rings (SSSR count). The molecule has 0 aromatic heterocycles. The highest BCUT2D eigenvalue weighted by atomic mass is 16.4. The maximum atomic E-state index is 9.90. The number of carbonyl (C=O) groups is 3. The molecule has 0 aromatic carbocycles. The Balaban J connectivity index is 0. The second-order valence-electron chi connectivity index (χ2n) is 3.73. The van der Waals surface area contributed by atoms with Crippen molar-refractivity contribution in [3.05, 3.63) is 0 Å². The summed E-state index contributed by atoms with van der Waals surface area (Å²) in [5.41, 5.74) is 0. The van der Waals surface area contributed by atoms with Crippen LogP contribution in [0.5, 0.6) is 0 Å². The largest absolute Gasteiger partial charge is 0.481 e. The van der Waals surface area contributed by atoms with Gasteiger partial charge in [-0.3, -0.25) is 9.59 Å². The molecule has 0 aromatic rings. The van der Waals surface area contributed by atoms with Crippen molar-refractivity contribution < 1.29 is 29.7 Å². The third-order valence-electron chi connectivity index (χ3n) is 2.01. The molecule has 0 amide bonds. The van der Waals surface area contributed by atoms with Gasteiger partial charge in [0.1, 0.15) is 6.29 Å². The molecule has 0 saturated heterocycles. The number of carbonyl (C=O) groups excluding carboxylic acids is 1. The summed E-state index contributed by atoms with van der Waals surface area (Å²) in [5.74, 6) is -1.55. The van der Waals surface area contributed by atoms with Crippen LogP contribution in [0.3, 0.4) is 0 Å². The first-order valence-corrected chi connectivity index (χ1v) is 6.02. The van der Waals surface area contributed by atoms with E-state index >= 15 is 0 Å². The molecular formula is C12H22O6. The van der Waals surface area contributed by atoms with E-state index in [0.29, 0.717) is 32.1 Å². The highest BCUT2D eigenvalue weighted by Gasteiger charge is 1.94. The number of carboxylic acid groups (broad SMARTS) is 2. The van der Waals surface area contributed by atoms with E-state index in [1.165, 1.54) is 0 Å². The lowest BCUT2D eigenvalue weighted by Crippen LogP contribution is -1.94. The Morgan fingerprint density at radius 2 is 1.33 bits per heavy atom. The van der Waals surface area contributed by atoms with Crippen molar-refractivity contribution in [3.8, 4) is 0 Å². The fourth-order valence-corrected chi connectivity index (χ4v) is 1.07. The predicted molar refractivity (Wildman–Crippen MR) is 65.4 cm³/mol. The summed E-state index contributed by atoms with van der Waals surface area (Å²) in [7, 11) is 0. The average Bonchev–Trinajstić information content (AvgIpc) is 2.31. The summed E-state index contributed by atoms with van der Waals surface area (Å²) in [6.07, 6.45) is 5.18. The summed E-state index contributed by atoms with van der Waals surface area (Å²) in [4.78, 5) is 29.5. The van der Waals surface area contributed by atoms with E-state index in [0.717, 1.165) is 12.7 Å². The molecule has 6 nitrogen and oxygen atoms in total. The number of aldehydes is 1. The van der Waals surface area contributed by atoms with Crippen LogP contribution < -0.4 is 0 Å². The number of aliphatic hydroxyl groups excluding tert-OH is 1. The number of rotatable bonds is 10. The summed E-state index contributed by atoms with van der Waals surface area (Å²) in [5, 5.41) is 24.6. The van der Waals surface area contributed by atoms with Crippen molar-refractivity contribution in [3.63, 3.8) is 0 Å². The van der Waals surface area contributed by atoms with Crippen LogP contribution in [0.4, 0.5) is 0 Å². The first-order valence-electron chi connectivity index (χ1n) is 6.02. The molecule has 106 valence electrons. The highest BCUT2D eigenvalue weighted by molar-refractivity contribution is 5.66. The Labute approximate surface area is 107 Å². The Morgan fingerprint density at radius 1 is 0.833 bits per heavy atom. The fraction of sp³-hybridized carbons (Fsp3) is 0.750. The van der Waals surface area contributed by atoms with Crippen molar-refractivity contribution in [1.82, 2.24) is 0 Å². The van der Waals surface area contributed by atoms with E-state index in [4.69, 9.17) is 15.3 Å². The van der Waals surface area contributed by atoms with Crippen LogP contribution in [0.2, 0.25) is 0 Å². The summed E-state index contributed by atoms with van der Waals surface area (Å²) >= 11 is 0. The molecule has 0 atom stereocenters. The van der Waals surface area contributed by atoms with Gasteiger partial charge in [0.05, 0.1) is 0 Å². The number of aliphatic carboxylic acids is 2. The van der Waals surface area contributed by atoms with Crippen LogP contribution in [0, 0.1) is 0 Å². The minimum atomic E-state index is -0.791. The quantitative estimate of drug-likeness (QED) is 0.406. The maximum Gasteiger partial charge on any atom is 0.303 e. The highest BCUT2D eigenvalue weighted by Crippen LogP contribution is 1.97. The number of aliphatic hydroxyl groups is 1. The summed E-state index contributed by atoms with van der Waals surface area (Å²) in [6, 6.07) is 0. The second kappa shape index (κ2) is 15.6. The molecule has 0 fully saturated rings. The number of hydrogen-bond donors (Lipinski definition) is 3. The van der Waals surface area contributed by atoms with E-state index in [1.54, 1.807) is 0 Å². The zero-order valence-electron chi connectivity index (χ0n) is 10.5. The summed E-state index contributed by atoms with van der Waals surface area (Å²) < 4.78 is 0. The normalized spacial score (nSPS) is 9.17. The maximum absolute atomic E-state index is 9.90. The molecule has 3 N–H and O–H groups in total. The molecule has 0 radical (unpaired) electrons. The van der Waals surface area contributed by atoms with Gasteiger partial charge >= 0.3 is 11.9 Å². The first-order chi connectivity index (χ1) is 8.54. The zero-order chi connectivity index (χ0) is 14.2. The lowest BCUT2D eigenvalue weighted by molar-refractivity contribution is -0.138. The molecule has 0 aliphatic rings. The average molecular weight is 262 g/mol. The van der Waals surface area contributed by atoms with E-state index in [9.17, 15) is 14.4 Å². The van der Waals surface area contributed by atoms with Gasteiger partial charge < -0.3 is 20.1 Å². The van der Waals surface area contributed by atoms with Crippen LogP contribution in [0.1, 0.15) is 51.4 Å². The molecular weight excluding hydrogens is 240 g/mol. The monoisotopic (exact) mass is 262 g/mol. The molecule has 6 heteroatoms. The van der Waals surface area contributed by atoms with Crippen LogP contribution >= 0.6 is 0 Å². The second-order valence-corrected chi connectivity index (χ2v) is 3.73. The van der Waals surface area contributed by atoms with Gasteiger partial charge in [0.15, 0.2) is 0 Å². The van der Waals surface area contributed by atoms with Crippen molar-refractivity contribution in [2.45, 2.75) is 51.4 Å². The molecule has 0 aliphatic carbocycles. The molecule has 0 unspecified atom stereocenters. The molecule has 0 heterocycles. The smallest absolute Gasteiger partial charge is 0.303 e. The van der Waals surface area contributed by atoms with Gasteiger partial charge in [-0.1, -0.05) is 6.42 Å². The van der Waals surface area contributed by atoms with Gasteiger partial charge in [0.2, 0.25) is 0 Å². The topological polar surface area (TPSA) is 112 Å². The molecule has 0 saturated carbocycles. The van der Waals surface area contributed by atoms with E-state index in [-0.39, 0.29) is 19.4 Å². The van der Waals surface area contributed by atoms with Gasteiger partial charge in [0, 0.05) is 25.9 Å². The lowest BCUT2D eigenvalue weighted by atomic mass is 10.2. The molecule has 18 heavy (non-hydrogen) atoms. The van der Waals surface area contributed by atoms with Gasteiger partial charge in [0.25, 0.3) is 0 Å². The van der Waals surface area contributed by atoms with Crippen LogP contribution in [0.25, 0.3) is 0 Å². The van der Waals surface area contributed by atoms with E-state index < -0.39 is 11.9 Å². The molecule has 0 aliphatic heterocycles. The summed E-state index contributed by atoms with van der Waals surface area (Å²) in [6.45, 7) is 0.166. The minimum Gasteiger partial charge on any atom is -0.481 e. The van der Waals surface area contributed by atoms with E-state index in [1.807, 2.05) is 0 Å². The van der Waals surface area contributed by atoms with Crippen molar-refractivity contribution in [2.75, 3.05) is 6.61 Å². The van der Waals surface area contributed by atoms with Crippen molar-refractivity contribution in [1.29, 1.82) is 0 Å². The molecule has 0 spiro atoms. The van der Waals surface area contributed by atoms with Gasteiger partial charge in [-0.2, -0.15) is 0 Å².